The smallest absolute Gasteiger partial charge is 0.271 e. The SMILES string of the molecule is CC(C)NC(C)COc1ccc(-n2nc3c(cc2=O)CCc2ccc(F)cc2-3)cc1. The second-order valence-electron chi connectivity index (χ2n) is 8.10. The van der Waals surface area contributed by atoms with Crippen molar-refractivity contribution < 1.29 is 9.13 Å². The van der Waals surface area contributed by atoms with E-state index in [1.54, 1.807) is 12.1 Å². The van der Waals surface area contributed by atoms with Crippen LogP contribution in [0.15, 0.2) is 53.3 Å². The maximum atomic E-state index is 13.8. The van der Waals surface area contributed by atoms with Crippen molar-refractivity contribution in [3.8, 4) is 22.7 Å². The zero-order chi connectivity index (χ0) is 21.3. The number of hydrogen-bond acceptors (Lipinski definition) is 4. The maximum Gasteiger partial charge on any atom is 0.271 e. The van der Waals surface area contributed by atoms with Gasteiger partial charge in [0, 0.05) is 23.7 Å². The van der Waals surface area contributed by atoms with Crippen LogP contribution >= 0.6 is 0 Å². The van der Waals surface area contributed by atoms with Crippen LogP contribution in [-0.2, 0) is 12.8 Å². The Morgan fingerprint density at radius 2 is 1.80 bits per heavy atom. The van der Waals surface area contributed by atoms with Crippen molar-refractivity contribution in [1.29, 1.82) is 0 Å². The van der Waals surface area contributed by atoms with Crippen molar-refractivity contribution in [1.82, 2.24) is 15.1 Å². The molecule has 1 N–H and O–H groups in total. The Hall–Kier alpha value is -2.99. The van der Waals surface area contributed by atoms with E-state index in [0.717, 1.165) is 35.3 Å². The molecule has 4 rings (SSSR count). The van der Waals surface area contributed by atoms with E-state index in [2.05, 4.69) is 31.2 Å². The maximum absolute atomic E-state index is 13.8. The van der Waals surface area contributed by atoms with E-state index in [4.69, 9.17) is 4.74 Å². The van der Waals surface area contributed by atoms with Gasteiger partial charge in [-0.3, -0.25) is 4.79 Å². The van der Waals surface area contributed by atoms with E-state index in [9.17, 15) is 9.18 Å². The number of aryl methyl sites for hydroxylation is 2. The highest BCUT2D eigenvalue weighted by molar-refractivity contribution is 5.69. The molecule has 1 aliphatic carbocycles. The Balaban J connectivity index is 1.59. The molecule has 1 aliphatic rings. The molecule has 0 saturated heterocycles. The second-order valence-corrected chi connectivity index (χ2v) is 8.10. The van der Waals surface area contributed by atoms with Gasteiger partial charge in [-0.05, 0) is 67.3 Å². The molecule has 0 radical (unpaired) electrons. The van der Waals surface area contributed by atoms with Gasteiger partial charge in [-0.15, -0.1) is 0 Å². The summed E-state index contributed by atoms with van der Waals surface area (Å²) >= 11 is 0. The fraction of sp³-hybridized carbons (Fsp3) is 0.333. The van der Waals surface area contributed by atoms with Crippen molar-refractivity contribution in [3.63, 3.8) is 0 Å². The molecule has 0 amide bonds. The van der Waals surface area contributed by atoms with Gasteiger partial charge in [0.2, 0.25) is 0 Å². The Bertz CT molecular complexity index is 1110. The summed E-state index contributed by atoms with van der Waals surface area (Å²) in [5.74, 6) is 0.429. The van der Waals surface area contributed by atoms with Crippen molar-refractivity contribution in [2.24, 2.45) is 0 Å². The number of ether oxygens (including phenoxy) is 1. The second kappa shape index (κ2) is 8.40. The number of halogens is 1. The van der Waals surface area contributed by atoms with E-state index in [-0.39, 0.29) is 17.4 Å². The highest BCUT2D eigenvalue weighted by atomic mass is 19.1. The minimum absolute atomic E-state index is 0.197. The molecule has 1 unspecified atom stereocenters. The van der Waals surface area contributed by atoms with Gasteiger partial charge in [-0.25, -0.2) is 4.39 Å². The first-order valence-corrected chi connectivity index (χ1v) is 10.3. The number of fused-ring (bicyclic) bond motifs is 3. The first-order valence-electron chi connectivity index (χ1n) is 10.3. The Morgan fingerprint density at radius 1 is 1.07 bits per heavy atom. The third-order valence-corrected chi connectivity index (χ3v) is 5.20. The summed E-state index contributed by atoms with van der Waals surface area (Å²) in [6.07, 6.45) is 1.51. The van der Waals surface area contributed by atoms with Gasteiger partial charge in [0.15, 0.2) is 0 Å². The zero-order valence-electron chi connectivity index (χ0n) is 17.5. The summed E-state index contributed by atoms with van der Waals surface area (Å²) in [4.78, 5) is 12.7. The summed E-state index contributed by atoms with van der Waals surface area (Å²) in [5.41, 5.74) is 3.79. The van der Waals surface area contributed by atoms with Crippen molar-refractivity contribution >= 4 is 0 Å². The van der Waals surface area contributed by atoms with Crippen LogP contribution in [0.5, 0.6) is 5.75 Å². The number of nitrogens with one attached hydrogen (secondary N) is 1. The van der Waals surface area contributed by atoms with Crippen molar-refractivity contribution in [2.45, 2.75) is 45.7 Å². The lowest BCUT2D eigenvalue weighted by atomic mass is 9.89. The molecule has 1 aromatic heterocycles. The Morgan fingerprint density at radius 3 is 2.53 bits per heavy atom. The fourth-order valence-electron chi connectivity index (χ4n) is 3.87. The number of benzene rings is 2. The molecule has 156 valence electrons. The number of nitrogens with zero attached hydrogens (tertiary/aromatic N) is 2. The number of aromatic nitrogens is 2. The van der Waals surface area contributed by atoms with Crippen LogP contribution in [0, 0.1) is 5.82 Å². The molecule has 0 bridgehead atoms. The lowest BCUT2D eigenvalue weighted by Gasteiger charge is -2.20. The molecule has 6 heteroatoms. The summed E-state index contributed by atoms with van der Waals surface area (Å²) in [6, 6.07) is 14.3. The van der Waals surface area contributed by atoms with E-state index < -0.39 is 0 Å². The third-order valence-electron chi connectivity index (χ3n) is 5.20. The van der Waals surface area contributed by atoms with Crippen LogP contribution in [0.1, 0.15) is 31.9 Å². The number of rotatable bonds is 6. The van der Waals surface area contributed by atoms with Crippen LogP contribution in [0.4, 0.5) is 4.39 Å². The zero-order valence-corrected chi connectivity index (χ0v) is 17.5. The lowest BCUT2D eigenvalue weighted by molar-refractivity contribution is 0.266. The molecule has 1 atom stereocenters. The quantitative estimate of drug-likeness (QED) is 0.673. The molecule has 30 heavy (non-hydrogen) atoms. The van der Waals surface area contributed by atoms with Crippen LogP contribution in [0.25, 0.3) is 16.9 Å². The predicted molar refractivity (Wildman–Crippen MR) is 116 cm³/mol. The Labute approximate surface area is 175 Å². The van der Waals surface area contributed by atoms with Crippen LogP contribution in [0.3, 0.4) is 0 Å². The standard InChI is InChI=1S/C24H26FN3O2/c1-15(2)26-16(3)14-30-21-10-8-20(9-11-21)28-23(29)12-18-5-4-17-6-7-19(25)13-22(17)24(18)27-28/h6-13,15-16,26H,4-5,14H2,1-3H3. The summed E-state index contributed by atoms with van der Waals surface area (Å²) in [6.45, 7) is 6.82. The van der Waals surface area contributed by atoms with Crippen molar-refractivity contribution in [2.75, 3.05) is 6.61 Å². The average Bonchev–Trinajstić information content (AvgIpc) is 2.71. The summed E-state index contributed by atoms with van der Waals surface area (Å²) in [7, 11) is 0. The molecule has 3 aromatic rings. The summed E-state index contributed by atoms with van der Waals surface area (Å²) in [5, 5.41) is 7.98. The molecular weight excluding hydrogens is 381 g/mol. The van der Waals surface area contributed by atoms with Gasteiger partial charge < -0.3 is 10.1 Å². The summed E-state index contributed by atoms with van der Waals surface area (Å²) < 4.78 is 21.0. The van der Waals surface area contributed by atoms with Gasteiger partial charge in [0.05, 0.1) is 11.4 Å². The van der Waals surface area contributed by atoms with Crippen LogP contribution in [0.2, 0.25) is 0 Å². The molecule has 2 aromatic carbocycles. The highest BCUT2D eigenvalue weighted by Gasteiger charge is 2.20. The Kier molecular flexibility index (Phi) is 5.68. The van der Waals surface area contributed by atoms with Gasteiger partial charge in [-0.2, -0.15) is 9.78 Å². The first kappa shape index (κ1) is 20.3. The van der Waals surface area contributed by atoms with E-state index in [1.807, 2.05) is 24.3 Å². The highest BCUT2D eigenvalue weighted by Crippen LogP contribution is 2.31. The predicted octanol–water partition coefficient (Wildman–Crippen LogP) is 3.90. The minimum Gasteiger partial charge on any atom is -0.492 e. The molecule has 0 fully saturated rings. The van der Waals surface area contributed by atoms with Gasteiger partial charge in [-0.1, -0.05) is 19.9 Å². The molecule has 1 heterocycles. The molecule has 5 nitrogen and oxygen atoms in total. The van der Waals surface area contributed by atoms with E-state index >= 15 is 0 Å². The normalized spacial score (nSPS) is 13.6. The van der Waals surface area contributed by atoms with Gasteiger partial charge in [0.1, 0.15) is 18.2 Å². The number of hydrogen-bond donors (Lipinski definition) is 1. The van der Waals surface area contributed by atoms with Crippen molar-refractivity contribution in [3.05, 3.63) is 75.8 Å². The average molecular weight is 407 g/mol. The monoisotopic (exact) mass is 407 g/mol. The fourth-order valence-corrected chi connectivity index (χ4v) is 3.87. The topological polar surface area (TPSA) is 56.1 Å². The molecule has 0 aliphatic heterocycles. The molecule has 0 spiro atoms. The molecule has 0 saturated carbocycles. The van der Waals surface area contributed by atoms with Gasteiger partial charge >= 0.3 is 0 Å². The largest absolute Gasteiger partial charge is 0.492 e. The molecular formula is C24H26FN3O2. The third kappa shape index (κ3) is 4.28. The van der Waals surface area contributed by atoms with E-state index in [0.29, 0.717) is 24.0 Å². The van der Waals surface area contributed by atoms with Gasteiger partial charge in [0.25, 0.3) is 5.56 Å². The van der Waals surface area contributed by atoms with Crippen LogP contribution < -0.4 is 15.6 Å². The first-order chi connectivity index (χ1) is 14.4. The minimum atomic E-state index is -0.302. The lowest BCUT2D eigenvalue weighted by Crippen LogP contribution is -2.36. The van der Waals surface area contributed by atoms with Crippen LogP contribution in [-0.4, -0.2) is 28.5 Å². The van der Waals surface area contributed by atoms with E-state index in [1.165, 1.54) is 16.8 Å².